The molecular weight excluding hydrogens is 254 g/mol. The highest BCUT2D eigenvalue weighted by atomic mass is 16.4. The first kappa shape index (κ1) is 13.2. The summed E-state index contributed by atoms with van der Waals surface area (Å²) in [6, 6.07) is 9.50. The largest absolute Gasteiger partial charge is 0.458 e. The fourth-order valence-corrected chi connectivity index (χ4v) is 2.77. The minimum atomic E-state index is -0.762. The van der Waals surface area contributed by atoms with Crippen molar-refractivity contribution < 1.29 is 14.3 Å². The first-order chi connectivity index (χ1) is 9.67. The number of amides is 1. The molecule has 0 spiro atoms. The minimum Gasteiger partial charge on any atom is -0.458 e. The Labute approximate surface area is 118 Å². The molecule has 1 amide bonds. The van der Waals surface area contributed by atoms with Crippen LogP contribution in [0.5, 0.6) is 0 Å². The second kappa shape index (κ2) is 5.29. The summed E-state index contributed by atoms with van der Waals surface area (Å²) >= 11 is 0. The molecule has 106 valence electrons. The highest BCUT2D eigenvalue weighted by molar-refractivity contribution is 5.79. The highest BCUT2D eigenvalue weighted by Gasteiger charge is 2.30. The Morgan fingerprint density at radius 3 is 2.95 bits per heavy atom. The van der Waals surface area contributed by atoms with Crippen LogP contribution in [-0.2, 0) is 4.79 Å². The molecular formula is C16H19NO3. The van der Waals surface area contributed by atoms with E-state index in [9.17, 15) is 9.90 Å². The molecule has 0 bridgehead atoms. The van der Waals surface area contributed by atoms with E-state index in [-0.39, 0.29) is 5.91 Å². The number of hydrogen-bond donors (Lipinski definition) is 1. The van der Waals surface area contributed by atoms with Crippen LogP contribution in [0, 0.1) is 5.92 Å². The van der Waals surface area contributed by atoms with Crippen LogP contribution in [0.1, 0.15) is 31.6 Å². The predicted molar refractivity (Wildman–Crippen MR) is 76.2 cm³/mol. The fraction of sp³-hybridized carbons (Fsp3) is 0.438. The van der Waals surface area contributed by atoms with E-state index in [4.69, 9.17) is 4.42 Å². The van der Waals surface area contributed by atoms with Crippen LogP contribution < -0.4 is 0 Å². The molecule has 2 heterocycles. The number of hydrogen-bond acceptors (Lipinski definition) is 3. The summed E-state index contributed by atoms with van der Waals surface area (Å²) < 4.78 is 5.64. The van der Waals surface area contributed by atoms with Gasteiger partial charge >= 0.3 is 0 Å². The molecule has 2 aromatic rings. The number of aliphatic hydroxyl groups excluding tert-OH is 1. The van der Waals surface area contributed by atoms with Crippen molar-refractivity contribution in [2.75, 3.05) is 13.1 Å². The third-order valence-corrected chi connectivity index (χ3v) is 4.04. The third kappa shape index (κ3) is 2.43. The van der Waals surface area contributed by atoms with Gasteiger partial charge in [0.25, 0.3) is 0 Å². The van der Waals surface area contributed by atoms with Gasteiger partial charge in [-0.3, -0.25) is 4.79 Å². The lowest BCUT2D eigenvalue weighted by Gasteiger charge is -2.19. The van der Waals surface area contributed by atoms with E-state index in [0.717, 1.165) is 23.9 Å². The lowest BCUT2D eigenvalue weighted by atomic mass is 10.1. The van der Waals surface area contributed by atoms with Gasteiger partial charge in [-0.15, -0.1) is 0 Å². The Hall–Kier alpha value is -1.81. The van der Waals surface area contributed by atoms with E-state index in [1.165, 1.54) is 0 Å². The molecule has 3 rings (SSSR count). The number of fused-ring (bicyclic) bond motifs is 1. The second-order valence-electron chi connectivity index (χ2n) is 5.48. The summed E-state index contributed by atoms with van der Waals surface area (Å²) in [5.74, 6) is 1.08. The fourth-order valence-electron chi connectivity index (χ4n) is 2.77. The van der Waals surface area contributed by atoms with Crippen LogP contribution in [0.25, 0.3) is 11.0 Å². The van der Waals surface area contributed by atoms with Gasteiger partial charge in [-0.05, 0) is 18.1 Å². The Balaban J connectivity index is 1.73. The van der Waals surface area contributed by atoms with Gasteiger partial charge in [-0.1, -0.05) is 31.5 Å². The third-order valence-electron chi connectivity index (χ3n) is 4.04. The SMILES string of the molecule is CCC1CC(=O)N(CC(O)c2cc3ccccc3o2)C1. The molecule has 1 aliphatic rings. The van der Waals surface area contributed by atoms with Crippen molar-refractivity contribution in [2.45, 2.75) is 25.9 Å². The number of likely N-dealkylation sites (tertiary alicyclic amines) is 1. The van der Waals surface area contributed by atoms with Gasteiger partial charge in [-0.25, -0.2) is 0 Å². The maximum Gasteiger partial charge on any atom is 0.223 e. The van der Waals surface area contributed by atoms with Crippen LogP contribution in [0.15, 0.2) is 34.7 Å². The number of furan rings is 1. The van der Waals surface area contributed by atoms with Crippen molar-refractivity contribution in [2.24, 2.45) is 5.92 Å². The Morgan fingerprint density at radius 2 is 2.25 bits per heavy atom. The van der Waals surface area contributed by atoms with E-state index in [2.05, 4.69) is 6.92 Å². The standard InChI is InChI=1S/C16H19NO3/c1-2-11-7-16(19)17(9-11)10-13(18)15-8-12-5-3-4-6-14(12)20-15/h3-6,8,11,13,18H,2,7,9-10H2,1H3. The molecule has 20 heavy (non-hydrogen) atoms. The van der Waals surface area contributed by atoms with E-state index >= 15 is 0 Å². The normalized spacial score (nSPS) is 20.8. The van der Waals surface area contributed by atoms with Crippen molar-refractivity contribution in [3.63, 3.8) is 0 Å². The van der Waals surface area contributed by atoms with E-state index in [0.29, 0.717) is 24.6 Å². The monoisotopic (exact) mass is 273 g/mol. The summed E-state index contributed by atoms with van der Waals surface area (Å²) in [7, 11) is 0. The number of carbonyl (C=O) groups excluding carboxylic acids is 1. The summed E-state index contributed by atoms with van der Waals surface area (Å²) in [5.41, 5.74) is 0.765. The van der Waals surface area contributed by atoms with Gasteiger partial charge in [0.15, 0.2) is 0 Å². The number of para-hydroxylation sites is 1. The molecule has 4 heteroatoms. The molecule has 0 radical (unpaired) electrons. The Bertz CT molecular complexity index is 586. The first-order valence-corrected chi connectivity index (χ1v) is 7.11. The first-order valence-electron chi connectivity index (χ1n) is 7.11. The molecule has 0 saturated carbocycles. The van der Waals surface area contributed by atoms with Gasteiger partial charge in [0.05, 0.1) is 6.54 Å². The Morgan fingerprint density at radius 1 is 1.45 bits per heavy atom. The van der Waals surface area contributed by atoms with Gasteiger partial charge in [0.1, 0.15) is 17.4 Å². The van der Waals surface area contributed by atoms with Crippen molar-refractivity contribution in [1.82, 2.24) is 4.90 Å². The average Bonchev–Trinajstić information content (AvgIpc) is 3.02. The van der Waals surface area contributed by atoms with Crippen molar-refractivity contribution >= 4 is 16.9 Å². The zero-order valence-electron chi connectivity index (χ0n) is 11.6. The van der Waals surface area contributed by atoms with Crippen molar-refractivity contribution in [3.05, 3.63) is 36.1 Å². The van der Waals surface area contributed by atoms with Crippen molar-refractivity contribution in [3.8, 4) is 0 Å². The number of aliphatic hydroxyl groups is 1. The van der Waals surface area contributed by atoms with Crippen LogP contribution >= 0.6 is 0 Å². The van der Waals surface area contributed by atoms with Crippen LogP contribution in [0.2, 0.25) is 0 Å². The second-order valence-corrected chi connectivity index (χ2v) is 5.48. The summed E-state index contributed by atoms with van der Waals surface area (Å²) in [6.45, 7) is 3.15. The summed E-state index contributed by atoms with van der Waals surface area (Å²) in [6.07, 6.45) is 0.841. The zero-order chi connectivity index (χ0) is 14.1. The van der Waals surface area contributed by atoms with E-state index < -0.39 is 6.10 Å². The maximum absolute atomic E-state index is 11.9. The van der Waals surface area contributed by atoms with Crippen LogP contribution in [0.3, 0.4) is 0 Å². The molecule has 1 saturated heterocycles. The lowest BCUT2D eigenvalue weighted by molar-refractivity contribution is -0.129. The number of carbonyl (C=O) groups is 1. The van der Waals surface area contributed by atoms with Crippen LogP contribution in [-0.4, -0.2) is 29.0 Å². The molecule has 1 N–H and O–H groups in total. The zero-order valence-corrected chi connectivity index (χ0v) is 11.6. The molecule has 1 aliphatic heterocycles. The summed E-state index contributed by atoms with van der Waals surface area (Å²) in [4.78, 5) is 13.6. The number of rotatable bonds is 4. The number of β-amino-alcohol motifs (C(OH)–C–C–N with tert-alkyl or cyclic N) is 1. The minimum absolute atomic E-state index is 0.131. The molecule has 1 aromatic heterocycles. The van der Waals surface area contributed by atoms with Crippen molar-refractivity contribution in [1.29, 1.82) is 0 Å². The van der Waals surface area contributed by atoms with E-state index in [1.54, 1.807) is 4.90 Å². The van der Waals surface area contributed by atoms with Gasteiger partial charge in [0, 0.05) is 18.4 Å². The topological polar surface area (TPSA) is 53.7 Å². The lowest BCUT2D eigenvalue weighted by Crippen LogP contribution is -2.30. The highest BCUT2D eigenvalue weighted by Crippen LogP contribution is 2.27. The van der Waals surface area contributed by atoms with Crippen LogP contribution in [0.4, 0.5) is 0 Å². The molecule has 1 aromatic carbocycles. The molecule has 2 atom stereocenters. The number of nitrogens with zero attached hydrogens (tertiary/aromatic N) is 1. The van der Waals surface area contributed by atoms with Gasteiger partial charge in [0.2, 0.25) is 5.91 Å². The maximum atomic E-state index is 11.9. The average molecular weight is 273 g/mol. The van der Waals surface area contributed by atoms with E-state index in [1.807, 2.05) is 30.3 Å². The Kier molecular flexibility index (Phi) is 3.49. The quantitative estimate of drug-likeness (QED) is 0.932. The molecule has 4 nitrogen and oxygen atoms in total. The molecule has 0 aliphatic carbocycles. The van der Waals surface area contributed by atoms with Gasteiger partial charge < -0.3 is 14.4 Å². The summed E-state index contributed by atoms with van der Waals surface area (Å²) in [5, 5.41) is 11.2. The smallest absolute Gasteiger partial charge is 0.223 e. The molecule has 1 fully saturated rings. The number of benzene rings is 1. The molecule has 2 unspecified atom stereocenters. The predicted octanol–water partition coefficient (Wildman–Crippen LogP) is 2.72. The van der Waals surface area contributed by atoms with Gasteiger partial charge in [-0.2, -0.15) is 0 Å².